The van der Waals surface area contributed by atoms with E-state index in [9.17, 15) is 18.0 Å². The molecule has 0 atom stereocenters. The van der Waals surface area contributed by atoms with E-state index in [0.717, 1.165) is 4.90 Å². The molecule has 0 saturated carbocycles. The molecule has 0 aliphatic carbocycles. The largest absolute Gasteiger partial charge is 0.406 e. The molecule has 0 fully saturated rings. The Hall–Kier alpha value is -0.940. The number of amides is 2. The first-order valence-corrected chi connectivity index (χ1v) is 4.38. The first-order valence-electron chi connectivity index (χ1n) is 4.38. The molecule has 6 heteroatoms. The van der Waals surface area contributed by atoms with E-state index < -0.39 is 18.8 Å². The number of carbonyl (C=O) groups is 1. The van der Waals surface area contributed by atoms with Gasteiger partial charge in [-0.1, -0.05) is 0 Å². The molecule has 3 nitrogen and oxygen atoms in total. The Morgan fingerprint density at radius 2 is 1.71 bits per heavy atom. The fourth-order valence-electron chi connectivity index (χ4n) is 0.908. The van der Waals surface area contributed by atoms with Gasteiger partial charge in [0.15, 0.2) is 0 Å². The van der Waals surface area contributed by atoms with Gasteiger partial charge < -0.3 is 9.80 Å². The van der Waals surface area contributed by atoms with Crippen LogP contribution in [0.4, 0.5) is 18.0 Å². The highest BCUT2D eigenvalue weighted by molar-refractivity contribution is 5.74. The quantitative estimate of drug-likeness (QED) is 0.701. The Morgan fingerprint density at radius 1 is 1.21 bits per heavy atom. The zero-order valence-electron chi connectivity index (χ0n) is 8.56. The smallest absolute Gasteiger partial charge is 0.328 e. The fourth-order valence-corrected chi connectivity index (χ4v) is 0.908. The number of alkyl halides is 3. The predicted molar refractivity (Wildman–Crippen MR) is 47.0 cm³/mol. The summed E-state index contributed by atoms with van der Waals surface area (Å²) in [5, 5.41) is 0. The van der Waals surface area contributed by atoms with Crippen molar-refractivity contribution in [2.24, 2.45) is 0 Å². The molecule has 0 spiro atoms. The van der Waals surface area contributed by atoms with Crippen LogP contribution >= 0.6 is 0 Å². The van der Waals surface area contributed by atoms with Gasteiger partial charge in [-0.05, 0) is 13.8 Å². The minimum atomic E-state index is -4.33. The molecule has 0 heterocycles. The molecular weight excluding hydrogens is 197 g/mol. The van der Waals surface area contributed by atoms with Crippen LogP contribution < -0.4 is 0 Å². The molecule has 0 saturated heterocycles. The van der Waals surface area contributed by atoms with Gasteiger partial charge in [0.2, 0.25) is 0 Å². The number of urea groups is 1. The molecule has 0 bridgehead atoms. The molecule has 0 unspecified atom stereocenters. The SMILES string of the molecule is CCN(C)C(=O)N(CC)CC(F)(F)F. The molecule has 84 valence electrons. The van der Waals surface area contributed by atoms with E-state index in [1.165, 1.54) is 18.9 Å². The Kier molecular flexibility index (Phi) is 4.73. The van der Waals surface area contributed by atoms with Gasteiger partial charge in [-0.2, -0.15) is 13.2 Å². The van der Waals surface area contributed by atoms with Crippen LogP contribution in [0.25, 0.3) is 0 Å². The Labute approximate surface area is 81.5 Å². The van der Waals surface area contributed by atoms with E-state index in [4.69, 9.17) is 0 Å². The van der Waals surface area contributed by atoms with E-state index in [1.54, 1.807) is 6.92 Å². The topological polar surface area (TPSA) is 23.6 Å². The summed E-state index contributed by atoms with van der Waals surface area (Å²) in [6, 6.07) is -0.590. The van der Waals surface area contributed by atoms with E-state index in [2.05, 4.69) is 0 Å². The van der Waals surface area contributed by atoms with Gasteiger partial charge in [-0.3, -0.25) is 0 Å². The zero-order chi connectivity index (χ0) is 11.4. The van der Waals surface area contributed by atoms with Crippen LogP contribution in [0.15, 0.2) is 0 Å². The normalized spacial score (nSPS) is 11.3. The average molecular weight is 212 g/mol. The Balaban J connectivity index is 4.34. The molecule has 0 aromatic carbocycles. The highest BCUT2D eigenvalue weighted by atomic mass is 19.4. The summed E-state index contributed by atoms with van der Waals surface area (Å²) in [5.74, 6) is 0. The van der Waals surface area contributed by atoms with Crippen molar-refractivity contribution in [1.82, 2.24) is 9.80 Å². The molecule has 0 aromatic rings. The highest BCUT2D eigenvalue weighted by Crippen LogP contribution is 2.16. The minimum Gasteiger partial charge on any atom is -0.328 e. The summed E-state index contributed by atoms with van der Waals surface area (Å²) in [6.45, 7) is 2.50. The molecule has 0 radical (unpaired) electrons. The number of carbonyl (C=O) groups excluding carboxylic acids is 1. The Morgan fingerprint density at radius 3 is 2.00 bits per heavy atom. The first kappa shape index (κ1) is 13.1. The van der Waals surface area contributed by atoms with Gasteiger partial charge in [-0.25, -0.2) is 4.79 Å². The summed E-state index contributed by atoms with van der Waals surface area (Å²) in [7, 11) is 1.47. The molecule has 0 aromatic heterocycles. The zero-order valence-corrected chi connectivity index (χ0v) is 8.56. The second-order valence-electron chi connectivity index (χ2n) is 2.93. The van der Waals surface area contributed by atoms with E-state index in [0.29, 0.717) is 6.54 Å². The number of rotatable bonds is 3. The molecular formula is C8H15F3N2O. The van der Waals surface area contributed by atoms with Crippen LogP contribution in [0.2, 0.25) is 0 Å². The monoisotopic (exact) mass is 212 g/mol. The lowest BCUT2D eigenvalue weighted by atomic mass is 10.5. The predicted octanol–water partition coefficient (Wildman–Crippen LogP) is 1.94. The maximum Gasteiger partial charge on any atom is 0.406 e. The molecule has 2 amide bonds. The lowest BCUT2D eigenvalue weighted by Crippen LogP contribution is -2.45. The van der Waals surface area contributed by atoms with Crippen LogP contribution in [0, 0.1) is 0 Å². The van der Waals surface area contributed by atoms with Crippen molar-refractivity contribution in [2.45, 2.75) is 20.0 Å². The third-order valence-corrected chi connectivity index (χ3v) is 1.82. The number of hydrogen-bond acceptors (Lipinski definition) is 1. The summed E-state index contributed by atoms with van der Waals surface area (Å²) < 4.78 is 36.0. The van der Waals surface area contributed by atoms with Crippen molar-refractivity contribution in [3.8, 4) is 0 Å². The minimum absolute atomic E-state index is 0.0582. The number of halogens is 3. The summed E-state index contributed by atoms with van der Waals surface area (Å²) in [6.07, 6.45) is -4.33. The number of hydrogen-bond donors (Lipinski definition) is 0. The third-order valence-electron chi connectivity index (χ3n) is 1.82. The third kappa shape index (κ3) is 4.34. The fraction of sp³-hybridized carbons (Fsp3) is 0.875. The standard InChI is InChI=1S/C8H15F3N2O/c1-4-12(3)7(14)13(5-2)6-8(9,10)11/h4-6H2,1-3H3. The van der Waals surface area contributed by atoms with Crippen LogP contribution in [0.3, 0.4) is 0 Å². The maximum atomic E-state index is 12.0. The van der Waals surface area contributed by atoms with Crippen LogP contribution in [-0.2, 0) is 0 Å². The summed E-state index contributed by atoms with van der Waals surface area (Å²) in [5.41, 5.74) is 0. The van der Waals surface area contributed by atoms with Crippen molar-refractivity contribution < 1.29 is 18.0 Å². The van der Waals surface area contributed by atoms with Crippen LogP contribution in [0.5, 0.6) is 0 Å². The van der Waals surface area contributed by atoms with E-state index >= 15 is 0 Å². The van der Waals surface area contributed by atoms with Crippen molar-refractivity contribution in [3.05, 3.63) is 0 Å². The van der Waals surface area contributed by atoms with Crippen LogP contribution in [-0.4, -0.2) is 48.7 Å². The van der Waals surface area contributed by atoms with Gasteiger partial charge >= 0.3 is 12.2 Å². The van der Waals surface area contributed by atoms with Crippen LogP contribution in [0.1, 0.15) is 13.8 Å². The molecule has 0 aliphatic rings. The molecule has 0 rings (SSSR count). The van der Waals surface area contributed by atoms with E-state index in [1.807, 2.05) is 0 Å². The lowest BCUT2D eigenvalue weighted by molar-refractivity contribution is -0.140. The summed E-state index contributed by atoms with van der Waals surface area (Å²) in [4.78, 5) is 13.3. The maximum absolute atomic E-state index is 12.0. The molecule has 0 aliphatic heterocycles. The summed E-state index contributed by atoms with van der Waals surface area (Å²) >= 11 is 0. The first-order chi connectivity index (χ1) is 6.31. The molecule has 0 N–H and O–H groups in total. The van der Waals surface area contributed by atoms with E-state index in [-0.39, 0.29) is 6.54 Å². The van der Waals surface area contributed by atoms with Gasteiger partial charge in [-0.15, -0.1) is 0 Å². The van der Waals surface area contributed by atoms with Crippen molar-refractivity contribution in [1.29, 1.82) is 0 Å². The second-order valence-corrected chi connectivity index (χ2v) is 2.93. The highest BCUT2D eigenvalue weighted by Gasteiger charge is 2.32. The number of nitrogens with zero attached hydrogens (tertiary/aromatic N) is 2. The van der Waals surface area contributed by atoms with Gasteiger partial charge in [0.05, 0.1) is 0 Å². The van der Waals surface area contributed by atoms with Gasteiger partial charge in [0, 0.05) is 20.1 Å². The average Bonchev–Trinajstić information content (AvgIpc) is 2.10. The Bertz CT molecular complexity index is 194. The second kappa shape index (κ2) is 5.07. The molecule has 14 heavy (non-hydrogen) atoms. The lowest BCUT2D eigenvalue weighted by Gasteiger charge is -2.27. The van der Waals surface area contributed by atoms with Gasteiger partial charge in [0.25, 0.3) is 0 Å². The van der Waals surface area contributed by atoms with Crippen molar-refractivity contribution >= 4 is 6.03 Å². The van der Waals surface area contributed by atoms with Crippen molar-refractivity contribution in [3.63, 3.8) is 0 Å². The van der Waals surface area contributed by atoms with Crippen molar-refractivity contribution in [2.75, 3.05) is 26.7 Å². The van der Waals surface area contributed by atoms with Gasteiger partial charge in [0.1, 0.15) is 6.54 Å².